The third kappa shape index (κ3) is 4.10. The normalized spacial score (nSPS) is 11.0. The molecule has 0 spiro atoms. The van der Waals surface area contributed by atoms with Gasteiger partial charge >= 0.3 is 0 Å². The van der Waals surface area contributed by atoms with E-state index in [1.165, 1.54) is 12.3 Å². The number of anilines is 1. The summed E-state index contributed by atoms with van der Waals surface area (Å²) in [6.07, 6.45) is 6.35. The Morgan fingerprint density at radius 1 is 1.06 bits per heavy atom. The Labute approximate surface area is 196 Å². The Hall–Kier alpha value is -3.98. The van der Waals surface area contributed by atoms with Crippen LogP contribution in [0.5, 0.6) is 0 Å². The second kappa shape index (κ2) is 8.51. The first kappa shape index (κ1) is 20.9. The van der Waals surface area contributed by atoms with Crippen LogP contribution in [-0.4, -0.2) is 30.5 Å². The van der Waals surface area contributed by atoms with Crippen molar-refractivity contribution >= 4 is 33.3 Å². The van der Waals surface area contributed by atoms with Crippen molar-refractivity contribution in [3.63, 3.8) is 0 Å². The molecule has 1 aromatic carbocycles. The highest BCUT2D eigenvalue weighted by atomic mass is 79.9. The van der Waals surface area contributed by atoms with Gasteiger partial charge in [0.1, 0.15) is 17.3 Å². The van der Waals surface area contributed by atoms with E-state index >= 15 is 0 Å². The molecule has 0 saturated carbocycles. The molecule has 4 heterocycles. The van der Waals surface area contributed by atoms with Crippen molar-refractivity contribution in [2.75, 3.05) is 5.32 Å². The third-order valence-corrected chi connectivity index (χ3v) is 5.50. The number of halogens is 2. The fourth-order valence-electron chi connectivity index (χ4n) is 3.51. The van der Waals surface area contributed by atoms with Crippen molar-refractivity contribution in [1.82, 2.24) is 24.6 Å². The number of nitrogens with zero attached hydrogens (tertiary/aromatic N) is 5. The summed E-state index contributed by atoms with van der Waals surface area (Å²) in [6.45, 7) is 1.71. The van der Waals surface area contributed by atoms with E-state index in [1.807, 2.05) is 12.1 Å². The van der Waals surface area contributed by atoms with E-state index in [4.69, 9.17) is 4.98 Å². The standard InChI is InChI=1S/C24H16BrFN6O/c1-14-9-15(4-5-19(14)26)22-23(32-21(31-22)3-2-7-29-32)16-6-8-28-20(11-16)30-24(33)17-10-18(25)13-27-12-17/h2-13H,1H3,(H,28,30,33). The van der Waals surface area contributed by atoms with Crippen molar-refractivity contribution in [3.05, 3.63) is 94.7 Å². The number of carbonyl (C=O) groups excluding carboxylic acids is 1. The summed E-state index contributed by atoms with van der Waals surface area (Å²) in [7, 11) is 0. The number of aryl methyl sites for hydroxylation is 1. The number of aromatic nitrogens is 5. The van der Waals surface area contributed by atoms with Gasteiger partial charge in [-0.15, -0.1) is 0 Å². The van der Waals surface area contributed by atoms with Crippen molar-refractivity contribution < 1.29 is 9.18 Å². The average molecular weight is 503 g/mol. The lowest BCUT2D eigenvalue weighted by atomic mass is 10.0. The number of fused-ring (bicyclic) bond motifs is 1. The first-order valence-corrected chi connectivity index (χ1v) is 10.8. The minimum Gasteiger partial charge on any atom is -0.306 e. The summed E-state index contributed by atoms with van der Waals surface area (Å²) in [5, 5.41) is 7.25. The summed E-state index contributed by atoms with van der Waals surface area (Å²) in [6, 6.07) is 13.8. The second-order valence-electron chi connectivity index (χ2n) is 7.34. The number of hydrogen-bond acceptors (Lipinski definition) is 5. The summed E-state index contributed by atoms with van der Waals surface area (Å²) < 4.78 is 16.3. The Morgan fingerprint density at radius 2 is 1.94 bits per heavy atom. The number of imidazole rings is 1. The lowest BCUT2D eigenvalue weighted by Gasteiger charge is -2.09. The van der Waals surface area contributed by atoms with Gasteiger partial charge in [-0.05, 0) is 76.9 Å². The SMILES string of the molecule is Cc1cc(-c2nc3cccnn3c2-c2ccnc(NC(=O)c3cncc(Br)c3)c2)ccc1F. The van der Waals surface area contributed by atoms with E-state index in [0.29, 0.717) is 38.5 Å². The molecule has 0 saturated heterocycles. The van der Waals surface area contributed by atoms with Crippen LogP contribution in [0.4, 0.5) is 10.2 Å². The molecule has 7 nitrogen and oxygen atoms in total. The van der Waals surface area contributed by atoms with Crippen molar-refractivity contribution in [3.8, 4) is 22.5 Å². The average Bonchev–Trinajstić information content (AvgIpc) is 3.21. The zero-order valence-electron chi connectivity index (χ0n) is 17.3. The molecule has 33 heavy (non-hydrogen) atoms. The molecule has 4 aromatic heterocycles. The largest absolute Gasteiger partial charge is 0.306 e. The smallest absolute Gasteiger partial charge is 0.258 e. The molecule has 0 bridgehead atoms. The number of rotatable bonds is 4. The van der Waals surface area contributed by atoms with Gasteiger partial charge in [0.25, 0.3) is 5.91 Å². The molecule has 162 valence electrons. The van der Waals surface area contributed by atoms with E-state index in [-0.39, 0.29) is 11.7 Å². The van der Waals surface area contributed by atoms with Crippen molar-refractivity contribution in [2.45, 2.75) is 6.92 Å². The predicted molar refractivity (Wildman–Crippen MR) is 126 cm³/mol. The summed E-state index contributed by atoms with van der Waals surface area (Å²) in [4.78, 5) is 25.7. The summed E-state index contributed by atoms with van der Waals surface area (Å²) >= 11 is 3.32. The molecule has 5 rings (SSSR count). The Balaban J connectivity index is 1.59. The quantitative estimate of drug-likeness (QED) is 0.359. The van der Waals surface area contributed by atoms with Crippen LogP contribution in [0.15, 0.2) is 77.8 Å². The number of benzene rings is 1. The highest BCUT2D eigenvalue weighted by molar-refractivity contribution is 9.10. The molecular weight excluding hydrogens is 487 g/mol. The second-order valence-corrected chi connectivity index (χ2v) is 8.26. The fourth-order valence-corrected chi connectivity index (χ4v) is 3.88. The lowest BCUT2D eigenvalue weighted by molar-refractivity contribution is 0.102. The molecule has 0 aliphatic carbocycles. The predicted octanol–water partition coefficient (Wildman–Crippen LogP) is 5.32. The highest BCUT2D eigenvalue weighted by Crippen LogP contribution is 2.33. The number of carbonyl (C=O) groups is 1. The first-order chi connectivity index (χ1) is 16.0. The van der Waals surface area contributed by atoms with Crippen LogP contribution in [0.3, 0.4) is 0 Å². The molecule has 0 aliphatic heterocycles. The van der Waals surface area contributed by atoms with E-state index < -0.39 is 0 Å². The maximum Gasteiger partial charge on any atom is 0.258 e. The molecule has 9 heteroatoms. The Morgan fingerprint density at radius 3 is 2.76 bits per heavy atom. The van der Waals surface area contributed by atoms with E-state index in [0.717, 1.165) is 11.1 Å². The van der Waals surface area contributed by atoms with Gasteiger partial charge < -0.3 is 5.32 Å². The molecule has 0 unspecified atom stereocenters. The van der Waals surface area contributed by atoms with Crippen LogP contribution in [0.1, 0.15) is 15.9 Å². The maximum absolute atomic E-state index is 13.9. The van der Waals surface area contributed by atoms with Crippen LogP contribution >= 0.6 is 15.9 Å². The molecule has 0 fully saturated rings. The molecule has 1 amide bonds. The minimum absolute atomic E-state index is 0.280. The third-order valence-electron chi connectivity index (χ3n) is 5.07. The number of hydrogen-bond donors (Lipinski definition) is 1. The highest BCUT2D eigenvalue weighted by Gasteiger charge is 2.18. The Kier molecular flexibility index (Phi) is 5.39. The first-order valence-electron chi connectivity index (χ1n) is 9.98. The number of nitrogens with one attached hydrogen (secondary N) is 1. The van der Waals surface area contributed by atoms with Crippen LogP contribution in [-0.2, 0) is 0 Å². The van der Waals surface area contributed by atoms with Gasteiger partial charge in [-0.25, -0.2) is 18.9 Å². The molecule has 0 atom stereocenters. The molecule has 1 N–H and O–H groups in total. The van der Waals surface area contributed by atoms with E-state index in [9.17, 15) is 9.18 Å². The number of amides is 1. The minimum atomic E-state index is -0.334. The molecule has 0 radical (unpaired) electrons. The van der Waals surface area contributed by atoms with Crippen LogP contribution in [0.25, 0.3) is 28.2 Å². The fraction of sp³-hybridized carbons (Fsp3) is 0.0417. The van der Waals surface area contributed by atoms with Gasteiger partial charge in [0.2, 0.25) is 0 Å². The molecule has 0 aliphatic rings. The van der Waals surface area contributed by atoms with Crippen molar-refractivity contribution in [2.24, 2.45) is 0 Å². The van der Waals surface area contributed by atoms with Crippen LogP contribution in [0, 0.1) is 12.7 Å². The number of pyridine rings is 2. The molecular formula is C24H16BrFN6O. The Bertz CT molecular complexity index is 1520. The van der Waals surface area contributed by atoms with Crippen molar-refractivity contribution in [1.29, 1.82) is 0 Å². The zero-order valence-corrected chi connectivity index (χ0v) is 18.9. The van der Waals surface area contributed by atoms with Gasteiger partial charge in [0.05, 0.1) is 11.3 Å². The maximum atomic E-state index is 13.9. The van der Waals surface area contributed by atoms with Crippen LogP contribution < -0.4 is 5.32 Å². The van der Waals surface area contributed by atoms with Gasteiger partial charge in [-0.1, -0.05) is 0 Å². The van der Waals surface area contributed by atoms with E-state index in [1.54, 1.807) is 60.4 Å². The zero-order chi connectivity index (χ0) is 22.9. The van der Waals surface area contributed by atoms with Gasteiger partial charge in [0.15, 0.2) is 5.65 Å². The lowest BCUT2D eigenvalue weighted by Crippen LogP contribution is -2.13. The molecule has 5 aromatic rings. The summed E-state index contributed by atoms with van der Waals surface area (Å²) in [5.41, 5.74) is 4.43. The van der Waals surface area contributed by atoms with Gasteiger partial charge in [0, 0.05) is 40.4 Å². The van der Waals surface area contributed by atoms with E-state index in [2.05, 4.69) is 36.3 Å². The topological polar surface area (TPSA) is 85.1 Å². The van der Waals surface area contributed by atoms with Gasteiger partial charge in [-0.3, -0.25) is 9.78 Å². The summed E-state index contributed by atoms with van der Waals surface area (Å²) in [5.74, 6) is -0.248. The van der Waals surface area contributed by atoms with Crippen LogP contribution in [0.2, 0.25) is 0 Å². The monoisotopic (exact) mass is 502 g/mol. The van der Waals surface area contributed by atoms with Gasteiger partial charge in [-0.2, -0.15) is 5.10 Å².